The van der Waals surface area contributed by atoms with Crippen LogP contribution < -0.4 is 16.4 Å². The molecular formula is C16H12F3N5O. The minimum absolute atomic E-state index is 0.216. The largest absolute Gasteiger partial charge is 0.369 e. The van der Waals surface area contributed by atoms with Crippen LogP contribution in [-0.4, -0.2) is 16.0 Å². The van der Waals surface area contributed by atoms with Crippen LogP contribution in [0.2, 0.25) is 0 Å². The number of hydrogen-bond acceptors (Lipinski definition) is 3. The van der Waals surface area contributed by atoms with Crippen molar-refractivity contribution in [2.75, 3.05) is 16.4 Å². The molecule has 1 heterocycles. The minimum Gasteiger partial charge on any atom is -0.369 e. The molecule has 128 valence electrons. The number of nitrogens with zero attached hydrogens (tertiary/aromatic N) is 1. The third kappa shape index (κ3) is 3.71. The first kappa shape index (κ1) is 16.4. The van der Waals surface area contributed by atoms with Crippen LogP contribution in [0.25, 0.3) is 11.3 Å². The second kappa shape index (κ2) is 6.56. The molecule has 0 radical (unpaired) electrons. The summed E-state index contributed by atoms with van der Waals surface area (Å²) >= 11 is 0. The van der Waals surface area contributed by atoms with Gasteiger partial charge in [0.05, 0.1) is 11.9 Å². The number of aromatic nitrogens is 2. The number of hydrogen-bond donors (Lipinski definition) is 4. The molecular weight excluding hydrogens is 335 g/mol. The first-order valence-electron chi connectivity index (χ1n) is 7.06. The van der Waals surface area contributed by atoms with Gasteiger partial charge in [-0.1, -0.05) is 12.1 Å². The molecule has 0 atom stereocenters. The Hall–Kier alpha value is -3.49. The van der Waals surface area contributed by atoms with E-state index in [9.17, 15) is 18.0 Å². The summed E-state index contributed by atoms with van der Waals surface area (Å²) in [5, 5.41) is 4.73. The van der Waals surface area contributed by atoms with E-state index in [0.717, 1.165) is 5.56 Å². The van der Waals surface area contributed by atoms with E-state index in [1.165, 1.54) is 0 Å². The number of anilines is 3. The quantitative estimate of drug-likeness (QED) is 0.544. The van der Waals surface area contributed by atoms with Gasteiger partial charge in [-0.25, -0.2) is 22.9 Å². The second-order valence-corrected chi connectivity index (χ2v) is 5.10. The maximum atomic E-state index is 13.2. The molecule has 1 aromatic heterocycles. The number of halogens is 3. The molecule has 5 N–H and O–H groups in total. The first-order valence-corrected chi connectivity index (χ1v) is 7.06. The van der Waals surface area contributed by atoms with E-state index >= 15 is 0 Å². The number of benzene rings is 2. The summed E-state index contributed by atoms with van der Waals surface area (Å²) in [6.07, 6.45) is 1.54. The van der Waals surface area contributed by atoms with Gasteiger partial charge in [0.2, 0.25) is 0 Å². The molecule has 2 aromatic carbocycles. The minimum atomic E-state index is -1.60. The molecule has 2 amide bonds. The smallest absolute Gasteiger partial charge is 0.323 e. The molecule has 3 rings (SSSR count). The molecule has 0 aliphatic heterocycles. The zero-order valence-electron chi connectivity index (χ0n) is 12.6. The molecule has 0 aliphatic rings. The van der Waals surface area contributed by atoms with Crippen LogP contribution in [0.15, 0.2) is 42.6 Å². The Morgan fingerprint density at radius 3 is 2.36 bits per heavy atom. The number of urea groups is 1. The van der Waals surface area contributed by atoms with Crippen molar-refractivity contribution < 1.29 is 18.0 Å². The van der Waals surface area contributed by atoms with Crippen LogP contribution in [-0.2, 0) is 0 Å². The zero-order chi connectivity index (χ0) is 18.0. The number of nitrogens with one attached hydrogen (secondary N) is 3. The van der Waals surface area contributed by atoms with E-state index in [4.69, 9.17) is 5.73 Å². The third-order valence-electron chi connectivity index (χ3n) is 3.27. The van der Waals surface area contributed by atoms with Crippen molar-refractivity contribution in [2.45, 2.75) is 0 Å². The van der Waals surface area contributed by atoms with Gasteiger partial charge in [0.15, 0.2) is 23.4 Å². The predicted molar refractivity (Wildman–Crippen MR) is 87.4 cm³/mol. The number of H-pyrrole nitrogens is 1. The number of rotatable bonds is 3. The molecule has 0 unspecified atom stereocenters. The molecule has 0 saturated heterocycles. The van der Waals surface area contributed by atoms with Crippen molar-refractivity contribution in [1.29, 1.82) is 0 Å². The number of nitrogen functional groups attached to an aromatic ring is 1. The lowest BCUT2D eigenvalue weighted by molar-refractivity contribution is 0.262. The molecule has 0 aliphatic carbocycles. The SMILES string of the molecule is Nc1ncc(-c2cccc(NC(=O)Nc3cc(F)c(F)c(F)c3)c2)[nH]1. The zero-order valence-corrected chi connectivity index (χ0v) is 12.6. The molecule has 6 nitrogen and oxygen atoms in total. The Morgan fingerprint density at radius 2 is 1.72 bits per heavy atom. The molecule has 0 saturated carbocycles. The van der Waals surface area contributed by atoms with E-state index in [-0.39, 0.29) is 11.6 Å². The van der Waals surface area contributed by atoms with Crippen LogP contribution in [0, 0.1) is 17.5 Å². The van der Waals surface area contributed by atoms with Gasteiger partial charge in [-0.15, -0.1) is 0 Å². The standard InChI is InChI=1S/C16H12F3N5O/c17-11-5-10(6-12(18)14(11)19)23-16(25)22-9-3-1-2-8(4-9)13-7-21-15(20)24-13/h1-7H,(H3,20,21,24)(H2,22,23,25). The van der Waals surface area contributed by atoms with Gasteiger partial charge in [-0.2, -0.15) is 0 Å². The van der Waals surface area contributed by atoms with Gasteiger partial charge in [0.1, 0.15) is 0 Å². The van der Waals surface area contributed by atoms with Gasteiger partial charge >= 0.3 is 6.03 Å². The van der Waals surface area contributed by atoms with E-state index in [0.29, 0.717) is 23.5 Å². The van der Waals surface area contributed by atoms with Crippen LogP contribution in [0.1, 0.15) is 0 Å². The molecule has 9 heteroatoms. The second-order valence-electron chi connectivity index (χ2n) is 5.10. The van der Waals surface area contributed by atoms with Gasteiger partial charge in [-0.05, 0) is 12.1 Å². The highest BCUT2D eigenvalue weighted by Crippen LogP contribution is 2.22. The van der Waals surface area contributed by atoms with Crippen molar-refractivity contribution >= 4 is 23.4 Å². The highest BCUT2D eigenvalue weighted by molar-refractivity contribution is 6.00. The summed E-state index contributed by atoms with van der Waals surface area (Å²) in [4.78, 5) is 18.7. The van der Waals surface area contributed by atoms with Crippen molar-refractivity contribution in [3.05, 3.63) is 60.0 Å². The lowest BCUT2D eigenvalue weighted by Crippen LogP contribution is -2.19. The van der Waals surface area contributed by atoms with Crippen LogP contribution in [0.5, 0.6) is 0 Å². The summed E-state index contributed by atoms with van der Waals surface area (Å²) in [6, 6.07) is 7.36. The van der Waals surface area contributed by atoms with Gasteiger partial charge in [0, 0.05) is 29.1 Å². The van der Waals surface area contributed by atoms with E-state index in [2.05, 4.69) is 20.6 Å². The van der Waals surface area contributed by atoms with Gasteiger partial charge < -0.3 is 21.4 Å². The van der Waals surface area contributed by atoms with Crippen molar-refractivity contribution in [3.63, 3.8) is 0 Å². The van der Waals surface area contributed by atoms with E-state index < -0.39 is 23.5 Å². The number of carbonyl (C=O) groups is 1. The lowest BCUT2D eigenvalue weighted by atomic mass is 10.1. The molecule has 25 heavy (non-hydrogen) atoms. The van der Waals surface area contributed by atoms with Gasteiger partial charge in [-0.3, -0.25) is 0 Å². The number of nitrogens with two attached hydrogens (primary N) is 1. The Labute approximate surface area is 139 Å². The Bertz CT molecular complexity index is 918. The maximum Gasteiger partial charge on any atom is 0.323 e. The third-order valence-corrected chi connectivity index (χ3v) is 3.27. The summed E-state index contributed by atoms with van der Waals surface area (Å²) < 4.78 is 39.2. The number of amides is 2. The topological polar surface area (TPSA) is 95.8 Å². The fourth-order valence-electron chi connectivity index (χ4n) is 2.17. The highest BCUT2D eigenvalue weighted by atomic mass is 19.2. The van der Waals surface area contributed by atoms with Crippen molar-refractivity contribution in [3.8, 4) is 11.3 Å². The summed E-state index contributed by atoms with van der Waals surface area (Å²) in [5.41, 5.74) is 7.11. The maximum absolute atomic E-state index is 13.2. The molecule has 0 spiro atoms. The fourth-order valence-corrected chi connectivity index (χ4v) is 2.17. The average molecular weight is 347 g/mol. The number of aromatic amines is 1. The summed E-state index contributed by atoms with van der Waals surface area (Å²) in [7, 11) is 0. The Morgan fingerprint density at radius 1 is 1.04 bits per heavy atom. The first-order chi connectivity index (χ1) is 11.9. The number of carbonyl (C=O) groups excluding carboxylic acids is 1. The van der Waals surface area contributed by atoms with Crippen molar-refractivity contribution in [2.24, 2.45) is 0 Å². The van der Waals surface area contributed by atoms with Gasteiger partial charge in [0.25, 0.3) is 0 Å². The lowest BCUT2D eigenvalue weighted by Gasteiger charge is -2.09. The fraction of sp³-hybridized carbons (Fsp3) is 0. The summed E-state index contributed by atoms with van der Waals surface area (Å²) in [5.74, 6) is -4.13. The molecule has 3 aromatic rings. The summed E-state index contributed by atoms with van der Waals surface area (Å²) in [6.45, 7) is 0. The monoisotopic (exact) mass is 347 g/mol. The average Bonchev–Trinajstić information content (AvgIpc) is 2.99. The van der Waals surface area contributed by atoms with Crippen LogP contribution in [0.3, 0.4) is 0 Å². The predicted octanol–water partition coefficient (Wildman–Crippen LogP) is 3.72. The molecule has 0 fully saturated rings. The van der Waals surface area contributed by atoms with E-state index in [1.807, 2.05) is 0 Å². The Kier molecular flexibility index (Phi) is 4.29. The van der Waals surface area contributed by atoms with Crippen LogP contribution in [0.4, 0.5) is 35.3 Å². The highest BCUT2D eigenvalue weighted by Gasteiger charge is 2.12. The van der Waals surface area contributed by atoms with Crippen LogP contribution >= 0.6 is 0 Å². The van der Waals surface area contributed by atoms with Crippen molar-refractivity contribution in [1.82, 2.24) is 9.97 Å². The number of imidazole rings is 1. The van der Waals surface area contributed by atoms with E-state index in [1.54, 1.807) is 30.5 Å². The Balaban J connectivity index is 1.73. The molecule has 0 bridgehead atoms. The normalized spacial score (nSPS) is 10.5.